The summed E-state index contributed by atoms with van der Waals surface area (Å²) in [5.41, 5.74) is 1.18. The molecule has 1 unspecified atom stereocenters. The van der Waals surface area contributed by atoms with E-state index in [4.69, 9.17) is 0 Å². The molecular weight excluding hydrogens is 380 g/mol. The van der Waals surface area contributed by atoms with Gasteiger partial charge in [0.2, 0.25) is 0 Å². The zero-order valence-electron chi connectivity index (χ0n) is 14.5. The lowest BCUT2D eigenvalue weighted by molar-refractivity contribution is 0.0742. The second-order valence-corrected chi connectivity index (χ2v) is 8.92. The highest BCUT2D eigenvalue weighted by atomic mass is 32.2. The first-order valence-electron chi connectivity index (χ1n) is 7.71. The van der Waals surface area contributed by atoms with Gasteiger partial charge in [-0.2, -0.15) is 8.78 Å². The molecule has 26 heavy (non-hydrogen) atoms. The van der Waals surface area contributed by atoms with Crippen LogP contribution < -0.4 is 0 Å². The summed E-state index contributed by atoms with van der Waals surface area (Å²) in [5.74, 6) is -2.76. The van der Waals surface area contributed by atoms with Crippen LogP contribution >= 0.6 is 11.8 Å². The number of carbonyl (C=O) groups is 1. The summed E-state index contributed by atoms with van der Waals surface area (Å²) in [5, 5.41) is 0. The number of amides is 1. The molecular formula is C18H19F2NO3S2. The van der Waals surface area contributed by atoms with Crippen LogP contribution in [-0.4, -0.2) is 38.3 Å². The monoisotopic (exact) mass is 399 g/mol. The van der Waals surface area contributed by atoms with Gasteiger partial charge in [0.15, 0.2) is 9.84 Å². The van der Waals surface area contributed by atoms with Gasteiger partial charge in [-0.1, -0.05) is 23.9 Å². The van der Waals surface area contributed by atoms with Crippen LogP contribution in [-0.2, 0) is 9.84 Å². The van der Waals surface area contributed by atoms with E-state index in [-0.39, 0.29) is 16.8 Å². The summed E-state index contributed by atoms with van der Waals surface area (Å²) in [6.45, 7) is 1.83. The van der Waals surface area contributed by atoms with Gasteiger partial charge in [-0.25, -0.2) is 8.42 Å². The summed E-state index contributed by atoms with van der Waals surface area (Å²) in [4.78, 5) is 14.7. The summed E-state index contributed by atoms with van der Waals surface area (Å²) >= 11 is 0.426. The molecule has 0 aliphatic carbocycles. The Labute approximate surface area is 156 Å². The molecule has 4 nitrogen and oxygen atoms in total. The number of rotatable bonds is 6. The third-order valence-electron chi connectivity index (χ3n) is 4.02. The van der Waals surface area contributed by atoms with Gasteiger partial charge in [0.05, 0.1) is 10.9 Å². The minimum Gasteiger partial charge on any atom is -0.335 e. The Kier molecular flexibility index (Phi) is 6.41. The number of nitrogens with zero attached hydrogens (tertiary/aromatic N) is 1. The number of halogens is 2. The largest absolute Gasteiger partial charge is 0.335 e. The molecule has 0 aromatic heterocycles. The van der Waals surface area contributed by atoms with E-state index in [1.807, 2.05) is 6.92 Å². The fourth-order valence-electron chi connectivity index (χ4n) is 2.38. The molecule has 0 N–H and O–H groups in total. The van der Waals surface area contributed by atoms with Crippen molar-refractivity contribution in [3.63, 3.8) is 0 Å². The molecule has 0 bridgehead atoms. The molecule has 0 aliphatic heterocycles. The van der Waals surface area contributed by atoms with Gasteiger partial charge >= 0.3 is 0 Å². The highest BCUT2D eigenvalue weighted by Crippen LogP contribution is 2.26. The maximum absolute atomic E-state index is 12.6. The van der Waals surface area contributed by atoms with Crippen LogP contribution in [0, 0.1) is 0 Å². The Morgan fingerprint density at radius 1 is 1.04 bits per heavy atom. The van der Waals surface area contributed by atoms with E-state index in [0.29, 0.717) is 22.2 Å². The Hall–Kier alpha value is -1.93. The van der Waals surface area contributed by atoms with Gasteiger partial charge in [-0.15, -0.1) is 0 Å². The summed E-state index contributed by atoms with van der Waals surface area (Å²) in [6.07, 6.45) is 1.14. The van der Waals surface area contributed by atoms with Crippen LogP contribution in [0.15, 0.2) is 58.3 Å². The smallest absolute Gasteiger partial charge is 0.288 e. The van der Waals surface area contributed by atoms with Gasteiger partial charge in [0, 0.05) is 23.8 Å². The van der Waals surface area contributed by atoms with Crippen molar-refractivity contribution < 1.29 is 22.0 Å². The average molecular weight is 399 g/mol. The van der Waals surface area contributed by atoms with Crippen LogP contribution in [0.25, 0.3) is 0 Å². The number of carbonyl (C=O) groups excluding carboxylic acids is 1. The molecule has 0 saturated heterocycles. The molecule has 1 atom stereocenters. The van der Waals surface area contributed by atoms with Gasteiger partial charge in [-0.05, 0) is 48.9 Å². The Bertz CT molecular complexity index is 866. The van der Waals surface area contributed by atoms with Crippen molar-refractivity contribution in [2.45, 2.75) is 28.5 Å². The molecule has 1 amide bonds. The number of thioether (sulfide) groups is 1. The second kappa shape index (κ2) is 8.18. The number of benzene rings is 2. The minimum atomic E-state index is -3.27. The molecule has 2 aromatic rings. The van der Waals surface area contributed by atoms with Crippen LogP contribution in [0.4, 0.5) is 8.78 Å². The molecule has 0 saturated carbocycles. The van der Waals surface area contributed by atoms with Crippen LogP contribution in [0.2, 0.25) is 0 Å². The SMILES string of the molecule is CC(c1ccc(S(C)(=O)=O)cc1)N(C)C(=O)c1ccc(SC(F)F)cc1. The van der Waals surface area contributed by atoms with E-state index < -0.39 is 15.6 Å². The van der Waals surface area contributed by atoms with E-state index in [1.165, 1.54) is 41.3 Å². The first kappa shape index (κ1) is 20.4. The maximum atomic E-state index is 12.6. The van der Waals surface area contributed by atoms with Gasteiger partial charge in [-0.3, -0.25) is 4.79 Å². The standard InChI is InChI=1S/C18H19F2NO3S2/c1-12(13-6-10-16(11-7-13)26(3,23)24)21(2)17(22)14-4-8-15(9-5-14)25-18(19)20/h4-12,18H,1-3H3. The van der Waals surface area contributed by atoms with E-state index >= 15 is 0 Å². The topological polar surface area (TPSA) is 54.5 Å². The Balaban J connectivity index is 2.14. The molecule has 0 aliphatic rings. The zero-order valence-corrected chi connectivity index (χ0v) is 16.2. The molecule has 0 fully saturated rings. The molecule has 8 heteroatoms. The fourth-order valence-corrected chi connectivity index (χ4v) is 3.51. The van der Waals surface area contributed by atoms with E-state index in [9.17, 15) is 22.0 Å². The summed E-state index contributed by atoms with van der Waals surface area (Å²) < 4.78 is 47.8. The summed E-state index contributed by atoms with van der Waals surface area (Å²) in [6, 6.07) is 12.1. The minimum absolute atomic E-state index is 0.217. The highest BCUT2D eigenvalue weighted by Gasteiger charge is 2.19. The van der Waals surface area contributed by atoms with E-state index in [1.54, 1.807) is 19.2 Å². The number of hydrogen-bond acceptors (Lipinski definition) is 4. The average Bonchev–Trinajstić information content (AvgIpc) is 2.59. The van der Waals surface area contributed by atoms with Crippen molar-refractivity contribution in [1.29, 1.82) is 0 Å². The van der Waals surface area contributed by atoms with Crippen molar-refractivity contribution in [3.8, 4) is 0 Å². The molecule has 0 heterocycles. The van der Waals surface area contributed by atoms with Crippen molar-refractivity contribution in [2.75, 3.05) is 13.3 Å². The highest BCUT2D eigenvalue weighted by molar-refractivity contribution is 7.99. The van der Waals surface area contributed by atoms with Crippen molar-refractivity contribution in [2.24, 2.45) is 0 Å². The Morgan fingerprint density at radius 3 is 2.04 bits per heavy atom. The molecule has 2 aromatic carbocycles. The maximum Gasteiger partial charge on any atom is 0.288 e. The van der Waals surface area contributed by atoms with Crippen LogP contribution in [0.5, 0.6) is 0 Å². The molecule has 2 rings (SSSR count). The lowest BCUT2D eigenvalue weighted by Gasteiger charge is -2.25. The van der Waals surface area contributed by atoms with E-state index in [2.05, 4.69) is 0 Å². The summed E-state index contributed by atoms with van der Waals surface area (Å²) in [7, 11) is -1.64. The number of sulfone groups is 1. The first-order valence-corrected chi connectivity index (χ1v) is 10.5. The van der Waals surface area contributed by atoms with Crippen LogP contribution in [0.1, 0.15) is 28.9 Å². The second-order valence-electron chi connectivity index (χ2n) is 5.84. The van der Waals surface area contributed by atoms with Gasteiger partial charge in [0.25, 0.3) is 11.7 Å². The molecule has 0 spiro atoms. The zero-order chi connectivity index (χ0) is 19.5. The van der Waals surface area contributed by atoms with E-state index in [0.717, 1.165) is 11.8 Å². The predicted octanol–water partition coefficient (Wildman–Crippen LogP) is 4.24. The first-order chi connectivity index (χ1) is 12.1. The quantitative estimate of drug-likeness (QED) is 0.682. The molecule has 140 valence electrons. The fraction of sp³-hybridized carbons (Fsp3) is 0.278. The third-order valence-corrected chi connectivity index (χ3v) is 5.87. The molecule has 0 radical (unpaired) electrons. The van der Waals surface area contributed by atoms with Crippen molar-refractivity contribution >= 4 is 27.5 Å². The normalized spacial score (nSPS) is 12.8. The number of alkyl halides is 2. The lowest BCUT2D eigenvalue weighted by atomic mass is 10.1. The lowest BCUT2D eigenvalue weighted by Crippen LogP contribution is -2.29. The number of hydrogen-bond donors (Lipinski definition) is 0. The van der Waals surface area contributed by atoms with Crippen LogP contribution in [0.3, 0.4) is 0 Å². The van der Waals surface area contributed by atoms with Gasteiger partial charge in [0.1, 0.15) is 0 Å². The third kappa shape index (κ3) is 5.04. The van der Waals surface area contributed by atoms with Gasteiger partial charge < -0.3 is 4.90 Å². The Morgan fingerprint density at radius 2 is 1.58 bits per heavy atom. The van der Waals surface area contributed by atoms with Crippen molar-refractivity contribution in [3.05, 3.63) is 59.7 Å². The predicted molar refractivity (Wildman–Crippen MR) is 98.4 cm³/mol. The van der Waals surface area contributed by atoms with Crippen molar-refractivity contribution in [1.82, 2.24) is 4.90 Å².